The van der Waals surface area contributed by atoms with Crippen LogP contribution in [0.25, 0.3) is 0 Å². The first-order valence-corrected chi connectivity index (χ1v) is 13.0. The highest BCUT2D eigenvalue weighted by Gasteiger charge is 2.36. The molecule has 1 aliphatic rings. The van der Waals surface area contributed by atoms with Gasteiger partial charge >= 0.3 is 0 Å². The van der Waals surface area contributed by atoms with Gasteiger partial charge in [0.15, 0.2) is 0 Å². The molecule has 1 N–H and O–H groups in total. The van der Waals surface area contributed by atoms with Gasteiger partial charge in [-0.2, -0.15) is 0 Å². The molecular formula is C25H23Cl2FN2O3S. The van der Waals surface area contributed by atoms with Gasteiger partial charge in [-0.1, -0.05) is 47.5 Å². The third kappa shape index (κ3) is 4.92. The van der Waals surface area contributed by atoms with Crippen molar-refractivity contribution in [3.63, 3.8) is 0 Å². The predicted octanol–water partition coefficient (Wildman–Crippen LogP) is 5.91. The van der Waals surface area contributed by atoms with Crippen molar-refractivity contribution < 1.29 is 17.6 Å². The van der Waals surface area contributed by atoms with Gasteiger partial charge in [0.2, 0.25) is 5.91 Å². The van der Waals surface area contributed by atoms with Gasteiger partial charge in [-0.15, -0.1) is 0 Å². The molecule has 1 unspecified atom stereocenters. The maximum Gasteiger partial charge on any atom is 0.265 e. The molecular weight excluding hydrogens is 498 g/mol. The molecule has 9 heteroatoms. The number of carbonyl (C=O) groups excluding carboxylic acids is 1. The fraction of sp³-hybridized carbons (Fsp3) is 0.240. The summed E-state index contributed by atoms with van der Waals surface area (Å²) in [5.74, 6) is -1.36. The number of aryl methyl sites for hydroxylation is 1. The Morgan fingerprint density at radius 3 is 2.47 bits per heavy atom. The van der Waals surface area contributed by atoms with Gasteiger partial charge in [-0.3, -0.25) is 9.10 Å². The maximum absolute atomic E-state index is 14.9. The highest BCUT2D eigenvalue weighted by atomic mass is 35.5. The molecule has 0 aromatic heterocycles. The Morgan fingerprint density at radius 2 is 1.74 bits per heavy atom. The lowest BCUT2D eigenvalue weighted by Gasteiger charge is -2.32. The molecule has 5 nitrogen and oxygen atoms in total. The molecule has 0 fully saturated rings. The highest BCUT2D eigenvalue weighted by Crippen LogP contribution is 2.33. The number of nitrogens with zero attached hydrogens (tertiary/aromatic N) is 1. The van der Waals surface area contributed by atoms with E-state index in [4.69, 9.17) is 23.2 Å². The molecule has 0 saturated carbocycles. The van der Waals surface area contributed by atoms with Crippen LogP contribution in [0.15, 0.2) is 71.6 Å². The Kier molecular flexibility index (Phi) is 7.17. The summed E-state index contributed by atoms with van der Waals surface area (Å²) in [6, 6.07) is 15.4. The molecule has 1 amide bonds. The Bertz CT molecular complexity index is 1320. The van der Waals surface area contributed by atoms with Crippen LogP contribution in [0.4, 0.5) is 10.1 Å². The Balaban J connectivity index is 1.72. The van der Waals surface area contributed by atoms with E-state index in [2.05, 4.69) is 5.32 Å². The van der Waals surface area contributed by atoms with Crippen molar-refractivity contribution in [2.75, 3.05) is 4.31 Å². The van der Waals surface area contributed by atoms with Crippen molar-refractivity contribution in [2.24, 2.45) is 0 Å². The predicted molar refractivity (Wildman–Crippen MR) is 132 cm³/mol. The zero-order valence-corrected chi connectivity index (χ0v) is 20.7. The number of nitrogens with one attached hydrogen (secondary N) is 1. The fourth-order valence-electron chi connectivity index (χ4n) is 4.22. The molecule has 0 heterocycles. The van der Waals surface area contributed by atoms with Crippen LogP contribution in [0.2, 0.25) is 10.0 Å². The Labute approximate surface area is 208 Å². The molecule has 0 saturated heterocycles. The number of sulfonamides is 1. The van der Waals surface area contributed by atoms with Crippen molar-refractivity contribution in [1.29, 1.82) is 0 Å². The number of amides is 1. The summed E-state index contributed by atoms with van der Waals surface area (Å²) in [6.07, 6.45) is 2.54. The highest BCUT2D eigenvalue weighted by molar-refractivity contribution is 7.93. The SMILES string of the molecule is C[C@H](C(=O)NC1CCCc2ccccc21)N(c1cc(Cl)ccc1F)S(=O)(=O)c1ccc(Cl)cc1. The zero-order chi connectivity index (χ0) is 24.5. The average Bonchev–Trinajstić information content (AvgIpc) is 2.81. The number of anilines is 1. The van der Waals surface area contributed by atoms with Crippen LogP contribution >= 0.6 is 23.2 Å². The average molecular weight is 521 g/mol. The first-order valence-electron chi connectivity index (χ1n) is 10.8. The molecule has 0 bridgehead atoms. The van der Waals surface area contributed by atoms with Crippen LogP contribution in [0.3, 0.4) is 0 Å². The van der Waals surface area contributed by atoms with Crippen molar-refractivity contribution in [3.05, 3.63) is 93.7 Å². The lowest BCUT2D eigenvalue weighted by atomic mass is 9.87. The second-order valence-electron chi connectivity index (χ2n) is 8.18. The second kappa shape index (κ2) is 9.94. The Morgan fingerprint density at radius 1 is 1.06 bits per heavy atom. The first-order chi connectivity index (χ1) is 16.2. The zero-order valence-electron chi connectivity index (χ0n) is 18.3. The molecule has 0 radical (unpaired) electrons. The summed E-state index contributed by atoms with van der Waals surface area (Å²) in [4.78, 5) is 13.2. The van der Waals surface area contributed by atoms with E-state index in [0.29, 0.717) is 5.02 Å². The third-order valence-electron chi connectivity index (χ3n) is 5.93. The smallest absolute Gasteiger partial charge is 0.265 e. The van der Waals surface area contributed by atoms with Gasteiger partial charge in [0, 0.05) is 10.0 Å². The van der Waals surface area contributed by atoms with Crippen LogP contribution in [0.5, 0.6) is 0 Å². The molecule has 34 heavy (non-hydrogen) atoms. The molecule has 3 aromatic carbocycles. The summed E-state index contributed by atoms with van der Waals surface area (Å²) >= 11 is 12.0. The van der Waals surface area contributed by atoms with Crippen LogP contribution < -0.4 is 9.62 Å². The van der Waals surface area contributed by atoms with Crippen molar-refractivity contribution in [3.8, 4) is 0 Å². The van der Waals surface area contributed by atoms with Gasteiger partial charge in [0.05, 0.1) is 16.6 Å². The summed E-state index contributed by atoms with van der Waals surface area (Å²) in [6.45, 7) is 1.43. The van der Waals surface area contributed by atoms with Crippen molar-refractivity contribution in [2.45, 2.75) is 43.2 Å². The molecule has 0 spiro atoms. The Hall–Kier alpha value is -2.61. The number of halogens is 3. The number of rotatable bonds is 6. The monoisotopic (exact) mass is 520 g/mol. The summed E-state index contributed by atoms with van der Waals surface area (Å²) in [5.41, 5.74) is 1.85. The second-order valence-corrected chi connectivity index (χ2v) is 10.9. The fourth-order valence-corrected chi connectivity index (χ4v) is 6.13. The standard InChI is InChI=1S/C25H23Cl2FN2O3S/c1-16(25(31)29-23-8-4-6-17-5-2-3-7-21(17)23)30(24-15-19(27)11-14-22(24)28)34(32,33)20-12-9-18(26)10-13-20/h2-3,5,7,9-16,23H,4,6,8H2,1H3,(H,29,31)/t16-,23?/m1/s1. The quantitative estimate of drug-likeness (QED) is 0.439. The third-order valence-corrected chi connectivity index (χ3v) is 8.32. The van der Waals surface area contributed by atoms with E-state index < -0.39 is 27.8 Å². The maximum atomic E-state index is 14.9. The summed E-state index contributed by atoms with van der Waals surface area (Å²) in [7, 11) is -4.34. The molecule has 1 aliphatic carbocycles. The van der Waals surface area contributed by atoms with Gasteiger partial charge in [-0.25, -0.2) is 12.8 Å². The van der Waals surface area contributed by atoms with Crippen molar-refractivity contribution >= 4 is 44.8 Å². The minimum atomic E-state index is -4.34. The van der Waals surface area contributed by atoms with E-state index in [0.717, 1.165) is 40.8 Å². The lowest BCUT2D eigenvalue weighted by molar-refractivity contribution is -0.122. The van der Waals surface area contributed by atoms with E-state index in [9.17, 15) is 17.6 Å². The van der Waals surface area contributed by atoms with Gasteiger partial charge in [0.25, 0.3) is 10.0 Å². The number of hydrogen-bond donors (Lipinski definition) is 1. The number of fused-ring (bicyclic) bond motifs is 1. The lowest BCUT2D eigenvalue weighted by Crippen LogP contribution is -2.49. The van der Waals surface area contributed by atoms with Crippen LogP contribution in [-0.2, 0) is 21.2 Å². The first kappa shape index (κ1) is 24.5. The van der Waals surface area contributed by atoms with Crippen LogP contribution in [0.1, 0.15) is 36.9 Å². The van der Waals surface area contributed by atoms with Gasteiger partial charge in [0.1, 0.15) is 11.9 Å². The van der Waals surface area contributed by atoms with E-state index >= 15 is 0 Å². The molecule has 2 atom stereocenters. The van der Waals surface area contributed by atoms with Crippen LogP contribution in [0, 0.1) is 5.82 Å². The molecule has 3 aromatic rings. The molecule has 178 valence electrons. The number of benzene rings is 3. The summed E-state index contributed by atoms with van der Waals surface area (Å²) in [5, 5.41) is 3.46. The van der Waals surface area contributed by atoms with E-state index in [1.54, 1.807) is 0 Å². The van der Waals surface area contributed by atoms with E-state index in [1.165, 1.54) is 43.3 Å². The minimum Gasteiger partial charge on any atom is -0.347 e. The number of carbonyl (C=O) groups is 1. The summed E-state index contributed by atoms with van der Waals surface area (Å²) < 4.78 is 42.9. The van der Waals surface area contributed by atoms with Gasteiger partial charge in [-0.05, 0) is 79.8 Å². The largest absolute Gasteiger partial charge is 0.347 e. The van der Waals surface area contributed by atoms with E-state index in [-0.39, 0.29) is 21.6 Å². The number of hydrogen-bond acceptors (Lipinski definition) is 3. The van der Waals surface area contributed by atoms with Crippen LogP contribution in [-0.4, -0.2) is 20.4 Å². The normalized spacial score (nSPS) is 16.4. The molecule has 4 rings (SSSR count). The van der Waals surface area contributed by atoms with Crippen molar-refractivity contribution in [1.82, 2.24) is 5.32 Å². The van der Waals surface area contributed by atoms with E-state index in [1.807, 2.05) is 24.3 Å². The topological polar surface area (TPSA) is 66.5 Å². The molecule has 0 aliphatic heterocycles. The minimum absolute atomic E-state index is 0.126. The van der Waals surface area contributed by atoms with Gasteiger partial charge < -0.3 is 5.32 Å².